The predicted octanol–water partition coefficient (Wildman–Crippen LogP) is 1.97. The smallest absolute Gasteiger partial charge is 0.323 e. The fraction of sp³-hybridized carbons (Fsp3) is 0.200. The van der Waals surface area contributed by atoms with Crippen molar-refractivity contribution in [3.8, 4) is 0 Å². The third-order valence-corrected chi connectivity index (χ3v) is 2.30. The summed E-state index contributed by atoms with van der Waals surface area (Å²) in [6.45, 7) is -0.883. The van der Waals surface area contributed by atoms with E-state index in [0.717, 1.165) is 4.90 Å². The van der Waals surface area contributed by atoms with E-state index in [1.54, 1.807) is 0 Å². The normalized spacial score (nSPS) is 10.0. The van der Waals surface area contributed by atoms with Gasteiger partial charge in [-0.15, -0.1) is 0 Å². The van der Waals surface area contributed by atoms with E-state index in [-0.39, 0.29) is 0 Å². The molecule has 1 rings (SSSR count). The minimum atomic E-state index is -1.14. The zero-order valence-corrected chi connectivity index (χ0v) is 10.1. The molecule has 1 aromatic rings. The van der Waals surface area contributed by atoms with Crippen molar-refractivity contribution in [2.75, 3.05) is 18.0 Å². The Kier molecular flexibility index (Phi) is 4.60. The standard InChI is InChI=1S/C10H9Cl2NO4/c11-6-1-7(12)3-8(2-6)13(4-9(14)15)5-10(16)17/h1-3H,4-5H2,(H,14,15)(H,16,17). The maximum absolute atomic E-state index is 10.6. The molecule has 0 fully saturated rings. The fourth-order valence-electron chi connectivity index (χ4n) is 1.29. The number of carboxylic acids is 2. The number of carboxylic acid groups (broad SMARTS) is 2. The van der Waals surface area contributed by atoms with Gasteiger partial charge in [-0.3, -0.25) is 9.59 Å². The number of anilines is 1. The second-order valence-corrected chi connectivity index (χ2v) is 4.14. The lowest BCUT2D eigenvalue weighted by Crippen LogP contribution is -2.34. The third-order valence-electron chi connectivity index (χ3n) is 1.86. The van der Waals surface area contributed by atoms with Gasteiger partial charge in [-0.1, -0.05) is 23.2 Å². The molecule has 1 aromatic carbocycles. The Morgan fingerprint density at radius 2 is 1.41 bits per heavy atom. The number of benzene rings is 1. The first-order valence-corrected chi connectivity index (χ1v) is 5.28. The number of halogens is 2. The molecule has 0 aliphatic heterocycles. The SMILES string of the molecule is O=C(O)CN(CC(=O)O)c1cc(Cl)cc(Cl)c1. The van der Waals surface area contributed by atoms with Crippen LogP contribution < -0.4 is 4.90 Å². The van der Waals surface area contributed by atoms with Crippen LogP contribution in [0.3, 0.4) is 0 Å². The molecular weight excluding hydrogens is 269 g/mol. The van der Waals surface area contributed by atoms with E-state index < -0.39 is 25.0 Å². The molecule has 0 aromatic heterocycles. The second-order valence-electron chi connectivity index (χ2n) is 3.27. The summed E-state index contributed by atoms with van der Waals surface area (Å²) >= 11 is 11.5. The van der Waals surface area contributed by atoms with Gasteiger partial charge in [0.2, 0.25) is 0 Å². The van der Waals surface area contributed by atoms with E-state index in [1.165, 1.54) is 18.2 Å². The third kappa shape index (κ3) is 4.50. The summed E-state index contributed by atoms with van der Waals surface area (Å²) in [4.78, 5) is 22.4. The number of aliphatic carboxylic acids is 2. The first-order valence-electron chi connectivity index (χ1n) is 4.53. The Bertz CT molecular complexity index is 414. The van der Waals surface area contributed by atoms with Crippen LogP contribution in [0.2, 0.25) is 10.0 Å². The summed E-state index contributed by atoms with van der Waals surface area (Å²) in [6.07, 6.45) is 0. The van der Waals surface area contributed by atoms with Gasteiger partial charge in [0.15, 0.2) is 0 Å². The van der Waals surface area contributed by atoms with Crippen LogP contribution in [0.15, 0.2) is 18.2 Å². The van der Waals surface area contributed by atoms with E-state index in [4.69, 9.17) is 33.4 Å². The van der Waals surface area contributed by atoms with Crippen LogP contribution >= 0.6 is 23.2 Å². The van der Waals surface area contributed by atoms with Gasteiger partial charge in [-0.2, -0.15) is 0 Å². The first kappa shape index (κ1) is 13.6. The highest BCUT2D eigenvalue weighted by Crippen LogP contribution is 2.25. The quantitative estimate of drug-likeness (QED) is 0.861. The van der Waals surface area contributed by atoms with Crippen molar-refractivity contribution in [1.29, 1.82) is 0 Å². The Morgan fingerprint density at radius 1 is 1.00 bits per heavy atom. The van der Waals surface area contributed by atoms with Gasteiger partial charge >= 0.3 is 11.9 Å². The molecule has 2 N–H and O–H groups in total. The van der Waals surface area contributed by atoms with Crippen molar-refractivity contribution in [3.05, 3.63) is 28.2 Å². The van der Waals surface area contributed by atoms with Crippen LogP contribution in [0.4, 0.5) is 5.69 Å². The lowest BCUT2D eigenvalue weighted by Gasteiger charge is -2.21. The van der Waals surface area contributed by atoms with Gasteiger partial charge in [0.05, 0.1) is 0 Å². The van der Waals surface area contributed by atoms with Crippen LogP contribution in [0, 0.1) is 0 Å². The number of nitrogens with zero attached hydrogens (tertiary/aromatic N) is 1. The van der Waals surface area contributed by atoms with Crippen LogP contribution in [0.1, 0.15) is 0 Å². The van der Waals surface area contributed by atoms with E-state index in [0.29, 0.717) is 15.7 Å². The highest BCUT2D eigenvalue weighted by molar-refractivity contribution is 6.35. The molecule has 5 nitrogen and oxygen atoms in total. The first-order chi connectivity index (χ1) is 7.88. The largest absolute Gasteiger partial charge is 0.480 e. The molecule has 0 unspecified atom stereocenters. The number of hydrogen-bond donors (Lipinski definition) is 2. The van der Waals surface area contributed by atoms with Gasteiger partial charge in [-0.05, 0) is 18.2 Å². The van der Waals surface area contributed by atoms with Crippen LogP contribution in [-0.4, -0.2) is 35.2 Å². The minimum absolute atomic E-state index is 0.313. The molecule has 0 saturated heterocycles. The molecule has 0 heterocycles. The van der Waals surface area contributed by atoms with Gasteiger partial charge in [0.1, 0.15) is 13.1 Å². The molecule has 0 bridgehead atoms. The summed E-state index contributed by atoms with van der Waals surface area (Å²) in [6, 6.07) is 4.39. The van der Waals surface area contributed by atoms with Crippen molar-refractivity contribution >= 4 is 40.8 Å². The van der Waals surface area contributed by atoms with E-state index in [1.807, 2.05) is 0 Å². The molecule has 7 heteroatoms. The molecule has 0 saturated carbocycles. The van der Waals surface area contributed by atoms with Crippen molar-refractivity contribution in [1.82, 2.24) is 0 Å². The van der Waals surface area contributed by atoms with Gasteiger partial charge in [0.25, 0.3) is 0 Å². The Labute approximate surface area is 107 Å². The van der Waals surface area contributed by atoms with Crippen LogP contribution in [0.5, 0.6) is 0 Å². The number of hydrogen-bond acceptors (Lipinski definition) is 3. The molecule has 17 heavy (non-hydrogen) atoms. The lowest BCUT2D eigenvalue weighted by atomic mass is 10.3. The molecule has 0 aliphatic rings. The second kappa shape index (κ2) is 5.75. The van der Waals surface area contributed by atoms with Crippen molar-refractivity contribution in [3.63, 3.8) is 0 Å². The molecular formula is C10H9Cl2NO4. The Balaban J connectivity index is 3.02. The Hall–Kier alpha value is -1.46. The maximum Gasteiger partial charge on any atom is 0.323 e. The highest BCUT2D eigenvalue weighted by Gasteiger charge is 2.15. The molecule has 0 atom stereocenters. The Morgan fingerprint density at radius 3 is 1.76 bits per heavy atom. The van der Waals surface area contributed by atoms with Crippen molar-refractivity contribution in [2.24, 2.45) is 0 Å². The molecule has 92 valence electrons. The zero-order valence-electron chi connectivity index (χ0n) is 8.56. The van der Waals surface area contributed by atoms with Crippen molar-refractivity contribution in [2.45, 2.75) is 0 Å². The predicted molar refractivity (Wildman–Crippen MR) is 63.9 cm³/mol. The fourth-order valence-corrected chi connectivity index (χ4v) is 1.80. The highest BCUT2D eigenvalue weighted by atomic mass is 35.5. The molecule has 0 spiro atoms. The summed E-state index contributed by atoms with van der Waals surface area (Å²) in [7, 11) is 0. The average Bonchev–Trinajstić information content (AvgIpc) is 2.13. The molecule has 0 amide bonds. The summed E-state index contributed by atoms with van der Waals surface area (Å²) < 4.78 is 0. The molecule has 0 aliphatic carbocycles. The summed E-state index contributed by atoms with van der Waals surface area (Å²) in [5, 5.41) is 18.0. The average molecular weight is 278 g/mol. The van der Waals surface area contributed by atoms with Gasteiger partial charge in [-0.25, -0.2) is 0 Å². The molecule has 0 radical (unpaired) electrons. The van der Waals surface area contributed by atoms with Gasteiger partial charge in [0, 0.05) is 15.7 Å². The summed E-state index contributed by atoms with van der Waals surface area (Å²) in [5.74, 6) is -2.27. The van der Waals surface area contributed by atoms with E-state index >= 15 is 0 Å². The number of carbonyl (C=O) groups is 2. The van der Waals surface area contributed by atoms with Crippen LogP contribution in [-0.2, 0) is 9.59 Å². The van der Waals surface area contributed by atoms with E-state index in [9.17, 15) is 9.59 Å². The summed E-state index contributed by atoms with van der Waals surface area (Å²) in [5.41, 5.74) is 0.354. The monoisotopic (exact) mass is 277 g/mol. The number of rotatable bonds is 5. The minimum Gasteiger partial charge on any atom is -0.480 e. The maximum atomic E-state index is 10.6. The van der Waals surface area contributed by atoms with Crippen LogP contribution in [0.25, 0.3) is 0 Å². The zero-order chi connectivity index (χ0) is 13.0. The lowest BCUT2D eigenvalue weighted by molar-refractivity contribution is -0.136. The topological polar surface area (TPSA) is 77.8 Å². The van der Waals surface area contributed by atoms with Gasteiger partial charge < -0.3 is 15.1 Å². The van der Waals surface area contributed by atoms with Crippen molar-refractivity contribution < 1.29 is 19.8 Å². The van der Waals surface area contributed by atoms with E-state index in [2.05, 4.69) is 0 Å².